The lowest BCUT2D eigenvalue weighted by Gasteiger charge is -2.27. The van der Waals surface area contributed by atoms with Crippen molar-refractivity contribution in [3.63, 3.8) is 0 Å². The van der Waals surface area contributed by atoms with E-state index in [1.54, 1.807) is 0 Å². The van der Waals surface area contributed by atoms with Gasteiger partial charge in [0, 0.05) is 25.0 Å². The Kier molecular flexibility index (Phi) is 6.56. The third kappa shape index (κ3) is 6.06. The number of rotatable bonds is 6. The molecule has 1 aliphatic rings. The van der Waals surface area contributed by atoms with Crippen LogP contribution in [-0.2, 0) is 4.79 Å². The van der Waals surface area contributed by atoms with Crippen LogP contribution >= 0.6 is 0 Å². The van der Waals surface area contributed by atoms with Gasteiger partial charge in [-0.15, -0.1) is 0 Å². The lowest BCUT2D eigenvalue weighted by atomic mass is 9.87. The second-order valence-electron chi connectivity index (χ2n) is 5.55. The van der Waals surface area contributed by atoms with E-state index in [1.165, 1.54) is 25.7 Å². The lowest BCUT2D eigenvalue weighted by molar-refractivity contribution is -0.121. The summed E-state index contributed by atoms with van der Waals surface area (Å²) in [4.78, 5) is 11.6. The average molecular weight is 240 g/mol. The van der Waals surface area contributed by atoms with E-state index < -0.39 is 0 Å². The average Bonchev–Trinajstić information content (AvgIpc) is 2.29. The molecule has 0 aliphatic heterocycles. The summed E-state index contributed by atoms with van der Waals surface area (Å²) < 4.78 is 0. The highest BCUT2D eigenvalue weighted by atomic mass is 16.1. The van der Waals surface area contributed by atoms with Crippen molar-refractivity contribution in [2.75, 3.05) is 6.54 Å². The van der Waals surface area contributed by atoms with Crippen molar-refractivity contribution in [1.82, 2.24) is 10.6 Å². The number of nitrogens with one attached hydrogen (secondary N) is 2. The van der Waals surface area contributed by atoms with E-state index in [9.17, 15) is 4.79 Å². The third-order valence-corrected chi connectivity index (χ3v) is 3.74. The SMILES string of the molecule is CCC(C)NC(=O)CCNC1CCCC(C)C1. The van der Waals surface area contributed by atoms with Crippen molar-refractivity contribution in [3.8, 4) is 0 Å². The van der Waals surface area contributed by atoms with Gasteiger partial charge in [0.15, 0.2) is 0 Å². The molecule has 100 valence electrons. The van der Waals surface area contributed by atoms with Crippen LogP contribution in [0.25, 0.3) is 0 Å². The van der Waals surface area contributed by atoms with Crippen molar-refractivity contribution in [3.05, 3.63) is 0 Å². The van der Waals surface area contributed by atoms with Crippen LogP contribution in [0.1, 0.15) is 59.3 Å². The van der Waals surface area contributed by atoms with Gasteiger partial charge in [0.25, 0.3) is 0 Å². The number of hydrogen-bond donors (Lipinski definition) is 2. The predicted octanol–water partition coefficient (Wildman–Crippen LogP) is 2.46. The molecule has 0 heterocycles. The van der Waals surface area contributed by atoms with E-state index in [0.29, 0.717) is 18.5 Å². The molecular formula is C14H28N2O. The number of hydrogen-bond acceptors (Lipinski definition) is 2. The van der Waals surface area contributed by atoms with Gasteiger partial charge in [0.05, 0.1) is 0 Å². The van der Waals surface area contributed by atoms with E-state index in [0.717, 1.165) is 18.9 Å². The molecule has 1 rings (SSSR count). The highest BCUT2D eigenvalue weighted by Gasteiger charge is 2.18. The highest BCUT2D eigenvalue weighted by Crippen LogP contribution is 2.23. The first kappa shape index (κ1) is 14.5. The van der Waals surface area contributed by atoms with Gasteiger partial charge in [0.1, 0.15) is 0 Å². The van der Waals surface area contributed by atoms with Gasteiger partial charge in [-0.1, -0.05) is 26.7 Å². The molecule has 2 N–H and O–H groups in total. The summed E-state index contributed by atoms with van der Waals surface area (Å²) in [6.45, 7) is 7.28. The molecule has 0 radical (unpaired) electrons. The van der Waals surface area contributed by atoms with E-state index in [2.05, 4.69) is 24.5 Å². The fourth-order valence-electron chi connectivity index (χ4n) is 2.46. The van der Waals surface area contributed by atoms with Gasteiger partial charge < -0.3 is 10.6 Å². The summed E-state index contributed by atoms with van der Waals surface area (Å²) in [5, 5.41) is 6.51. The zero-order chi connectivity index (χ0) is 12.7. The minimum Gasteiger partial charge on any atom is -0.354 e. The van der Waals surface area contributed by atoms with Crippen LogP contribution in [0, 0.1) is 5.92 Å². The van der Waals surface area contributed by atoms with Crippen LogP contribution in [0.4, 0.5) is 0 Å². The van der Waals surface area contributed by atoms with E-state index in [4.69, 9.17) is 0 Å². The topological polar surface area (TPSA) is 41.1 Å². The van der Waals surface area contributed by atoms with Crippen molar-refractivity contribution in [2.24, 2.45) is 5.92 Å². The normalized spacial score (nSPS) is 26.5. The van der Waals surface area contributed by atoms with Crippen LogP contribution in [0.2, 0.25) is 0 Å². The Labute approximate surface area is 106 Å². The summed E-state index contributed by atoms with van der Waals surface area (Å²) in [7, 11) is 0. The molecule has 3 heteroatoms. The van der Waals surface area contributed by atoms with Crippen LogP contribution in [0.3, 0.4) is 0 Å². The first-order valence-electron chi connectivity index (χ1n) is 7.14. The number of carbonyl (C=O) groups excluding carboxylic acids is 1. The quantitative estimate of drug-likeness (QED) is 0.749. The summed E-state index contributed by atoms with van der Waals surface area (Å²) >= 11 is 0. The Bertz CT molecular complexity index is 230. The van der Waals surface area contributed by atoms with E-state index in [1.807, 2.05) is 6.92 Å². The van der Waals surface area contributed by atoms with E-state index in [-0.39, 0.29) is 5.91 Å². The smallest absolute Gasteiger partial charge is 0.221 e. The molecular weight excluding hydrogens is 212 g/mol. The monoisotopic (exact) mass is 240 g/mol. The van der Waals surface area contributed by atoms with Gasteiger partial charge in [-0.3, -0.25) is 4.79 Å². The zero-order valence-corrected chi connectivity index (χ0v) is 11.6. The van der Waals surface area contributed by atoms with Crippen LogP contribution in [0.5, 0.6) is 0 Å². The number of carbonyl (C=O) groups is 1. The molecule has 1 aliphatic carbocycles. The molecule has 1 amide bonds. The van der Waals surface area contributed by atoms with Crippen molar-refractivity contribution >= 4 is 5.91 Å². The Morgan fingerprint density at radius 3 is 2.82 bits per heavy atom. The maximum atomic E-state index is 11.6. The first-order chi connectivity index (χ1) is 8.11. The van der Waals surface area contributed by atoms with Gasteiger partial charge in [-0.25, -0.2) is 0 Å². The summed E-state index contributed by atoms with van der Waals surface area (Å²) in [5.74, 6) is 1.02. The molecule has 3 nitrogen and oxygen atoms in total. The lowest BCUT2D eigenvalue weighted by Crippen LogP contribution is -2.38. The maximum Gasteiger partial charge on any atom is 0.221 e. The summed E-state index contributed by atoms with van der Waals surface area (Å²) in [5.41, 5.74) is 0. The molecule has 3 atom stereocenters. The van der Waals surface area contributed by atoms with Crippen LogP contribution in [0.15, 0.2) is 0 Å². The molecule has 1 saturated carbocycles. The number of amides is 1. The minimum atomic E-state index is 0.177. The Morgan fingerprint density at radius 2 is 2.18 bits per heavy atom. The zero-order valence-electron chi connectivity index (χ0n) is 11.6. The second-order valence-corrected chi connectivity index (χ2v) is 5.55. The van der Waals surface area contributed by atoms with Crippen LogP contribution < -0.4 is 10.6 Å². The molecule has 0 saturated heterocycles. The molecule has 0 bridgehead atoms. The molecule has 0 aromatic rings. The van der Waals surface area contributed by atoms with Crippen molar-refractivity contribution < 1.29 is 4.79 Å². The van der Waals surface area contributed by atoms with Crippen LogP contribution in [-0.4, -0.2) is 24.5 Å². The van der Waals surface area contributed by atoms with Gasteiger partial charge in [-0.05, 0) is 32.1 Å². The molecule has 0 spiro atoms. The second kappa shape index (κ2) is 7.70. The summed E-state index contributed by atoms with van der Waals surface area (Å²) in [6.07, 6.45) is 6.85. The van der Waals surface area contributed by atoms with Gasteiger partial charge >= 0.3 is 0 Å². The fourth-order valence-corrected chi connectivity index (χ4v) is 2.46. The third-order valence-electron chi connectivity index (χ3n) is 3.74. The molecule has 0 aromatic heterocycles. The molecule has 3 unspecified atom stereocenters. The fraction of sp³-hybridized carbons (Fsp3) is 0.929. The van der Waals surface area contributed by atoms with Crippen molar-refractivity contribution in [2.45, 2.75) is 71.4 Å². The maximum absolute atomic E-state index is 11.6. The minimum absolute atomic E-state index is 0.177. The van der Waals surface area contributed by atoms with E-state index >= 15 is 0 Å². The highest BCUT2D eigenvalue weighted by molar-refractivity contribution is 5.76. The largest absolute Gasteiger partial charge is 0.354 e. The molecule has 0 aromatic carbocycles. The Morgan fingerprint density at radius 1 is 1.41 bits per heavy atom. The standard InChI is InChI=1S/C14H28N2O/c1-4-12(3)16-14(17)8-9-15-13-7-5-6-11(2)10-13/h11-13,15H,4-10H2,1-3H3,(H,16,17). The van der Waals surface area contributed by atoms with Gasteiger partial charge in [-0.2, -0.15) is 0 Å². The predicted molar refractivity (Wildman–Crippen MR) is 71.9 cm³/mol. The van der Waals surface area contributed by atoms with Crippen molar-refractivity contribution in [1.29, 1.82) is 0 Å². The Hall–Kier alpha value is -0.570. The molecule has 17 heavy (non-hydrogen) atoms. The Balaban J connectivity index is 2.08. The summed E-state index contributed by atoms with van der Waals surface area (Å²) in [6, 6.07) is 0.937. The molecule has 1 fully saturated rings. The first-order valence-corrected chi connectivity index (χ1v) is 7.14. The van der Waals surface area contributed by atoms with Gasteiger partial charge in [0.2, 0.25) is 5.91 Å².